The van der Waals surface area contributed by atoms with Crippen LogP contribution in [0.5, 0.6) is 0 Å². The molecule has 20 heavy (non-hydrogen) atoms. The van der Waals surface area contributed by atoms with Gasteiger partial charge in [0.1, 0.15) is 10.0 Å². The summed E-state index contributed by atoms with van der Waals surface area (Å²) in [5.74, 6) is 0. The largest absolute Gasteiger partial charge is 0.279 e. The molecule has 0 amide bonds. The summed E-state index contributed by atoms with van der Waals surface area (Å²) >= 11 is 14.8. The number of nitrogens with one attached hydrogen (secondary N) is 1. The summed E-state index contributed by atoms with van der Waals surface area (Å²) in [6.45, 7) is 1.80. The second kappa shape index (κ2) is 5.89. The minimum Gasteiger partial charge on any atom is -0.279 e. The molecule has 0 unspecified atom stereocenters. The van der Waals surface area contributed by atoms with Crippen molar-refractivity contribution in [3.8, 4) is 0 Å². The number of sulfonamides is 1. The predicted molar refractivity (Wildman–Crippen MR) is 83.9 cm³/mol. The highest BCUT2D eigenvalue weighted by Gasteiger charge is 2.20. The standard InChI is InChI=1S/C12H9BrCl2N2O2S/c1-7-6-8(13)2-3-9(7)17-20(18,19)10-4-5-11(14)16-12(10)15/h2-6,17H,1H3. The summed E-state index contributed by atoms with van der Waals surface area (Å²) in [5, 5.41) is -0.0338. The molecule has 0 radical (unpaired) electrons. The summed E-state index contributed by atoms with van der Waals surface area (Å²) < 4.78 is 27.9. The van der Waals surface area contributed by atoms with Crippen molar-refractivity contribution in [1.29, 1.82) is 0 Å². The second-order valence-electron chi connectivity index (χ2n) is 3.99. The number of anilines is 1. The Balaban J connectivity index is 2.41. The lowest BCUT2D eigenvalue weighted by molar-refractivity contribution is 0.601. The lowest BCUT2D eigenvalue weighted by Gasteiger charge is -2.11. The van der Waals surface area contributed by atoms with Crippen LogP contribution in [0, 0.1) is 6.92 Å². The average Bonchev–Trinajstić information content (AvgIpc) is 2.32. The monoisotopic (exact) mass is 394 g/mol. The van der Waals surface area contributed by atoms with Crippen molar-refractivity contribution < 1.29 is 8.42 Å². The van der Waals surface area contributed by atoms with Crippen molar-refractivity contribution >= 4 is 54.8 Å². The Hall–Kier alpha value is -0.820. The molecule has 0 fully saturated rings. The first-order chi connectivity index (χ1) is 9.29. The Labute approximate surface area is 135 Å². The van der Waals surface area contributed by atoms with Crippen molar-refractivity contribution in [3.05, 3.63) is 50.7 Å². The molecular formula is C12H9BrCl2N2O2S. The number of benzene rings is 1. The Kier molecular flexibility index (Phi) is 4.59. The van der Waals surface area contributed by atoms with E-state index in [1.165, 1.54) is 12.1 Å². The maximum absolute atomic E-state index is 12.3. The average molecular weight is 396 g/mol. The van der Waals surface area contributed by atoms with Crippen LogP contribution in [0.4, 0.5) is 5.69 Å². The topological polar surface area (TPSA) is 59.1 Å². The van der Waals surface area contributed by atoms with E-state index in [4.69, 9.17) is 23.2 Å². The van der Waals surface area contributed by atoms with E-state index >= 15 is 0 Å². The van der Waals surface area contributed by atoms with Crippen molar-refractivity contribution in [2.24, 2.45) is 0 Å². The molecule has 0 atom stereocenters. The zero-order valence-corrected chi connectivity index (χ0v) is 14.1. The van der Waals surface area contributed by atoms with Gasteiger partial charge in [0.15, 0.2) is 5.15 Å². The van der Waals surface area contributed by atoms with E-state index in [1.807, 2.05) is 0 Å². The fourth-order valence-corrected chi connectivity index (χ4v) is 3.81. The molecule has 1 aromatic carbocycles. The van der Waals surface area contributed by atoms with Crippen LogP contribution in [0.15, 0.2) is 39.7 Å². The third kappa shape index (κ3) is 3.44. The normalized spacial score (nSPS) is 11.4. The molecule has 2 rings (SSSR count). The third-order valence-electron chi connectivity index (χ3n) is 2.50. The molecule has 0 aliphatic heterocycles. The summed E-state index contributed by atoms with van der Waals surface area (Å²) in [5.41, 5.74) is 1.25. The van der Waals surface area contributed by atoms with Crippen molar-refractivity contribution in [1.82, 2.24) is 4.98 Å². The van der Waals surface area contributed by atoms with E-state index in [-0.39, 0.29) is 15.2 Å². The number of aromatic nitrogens is 1. The maximum atomic E-state index is 12.3. The van der Waals surface area contributed by atoms with E-state index < -0.39 is 10.0 Å². The van der Waals surface area contributed by atoms with Crippen LogP contribution in [0.2, 0.25) is 10.3 Å². The van der Waals surface area contributed by atoms with E-state index in [1.54, 1.807) is 25.1 Å². The first-order valence-corrected chi connectivity index (χ1v) is 8.44. The summed E-state index contributed by atoms with van der Waals surface area (Å²) in [4.78, 5) is 3.60. The van der Waals surface area contributed by atoms with Gasteiger partial charge in [-0.1, -0.05) is 39.1 Å². The van der Waals surface area contributed by atoms with Gasteiger partial charge in [0.05, 0.1) is 5.69 Å². The molecule has 4 nitrogen and oxygen atoms in total. The van der Waals surface area contributed by atoms with Crippen LogP contribution >= 0.6 is 39.1 Å². The van der Waals surface area contributed by atoms with Crippen LogP contribution in [0.25, 0.3) is 0 Å². The van der Waals surface area contributed by atoms with Crippen LogP contribution in [-0.4, -0.2) is 13.4 Å². The van der Waals surface area contributed by atoms with Crippen LogP contribution < -0.4 is 4.72 Å². The quantitative estimate of drug-likeness (QED) is 0.789. The number of pyridine rings is 1. The fourth-order valence-electron chi connectivity index (χ4n) is 1.54. The van der Waals surface area contributed by atoms with Gasteiger partial charge in [0.25, 0.3) is 10.0 Å². The number of hydrogen-bond donors (Lipinski definition) is 1. The summed E-state index contributed by atoms with van der Waals surface area (Å²) in [6.07, 6.45) is 0. The number of aryl methyl sites for hydroxylation is 1. The minimum absolute atomic E-state index is 0.120. The molecule has 1 aromatic heterocycles. The van der Waals surface area contributed by atoms with Crippen molar-refractivity contribution in [2.75, 3.05) is 4.72 Å². The Morgan fingerprint density at radius 1 is 1.20 bits per heavy atom. The molecule has 0 saturated heterocycles. The lowest BCUT2D eigenvalue weighted by atomic mass is 10.2. The fraction of sp³-hybridized carbons (Fsp3) is 0.0833. The van der Waals surface area contributed by atoms with Gasteiger partial charge in [0, 0.05) is 4.47 Å². The van der Waals surface area contributed by atoms with Gasteiger partial charge in [-0.3, -0.25) is 4.72 Å². The van der Waals surface area contributed by atoms with E-state index in [0.717, 1.165) is 10.0 Å². The van der Waals surface area contributed by atoms with Gasteiger partial charge in [-0.25, -0.2) is 13.4 Å². The highest BCUT2D eigenvalue weighted by molar-refractivity contribution is 9.10. The summed E-state index contributed by atoms with van der Waals surface area (Å²) in [6, 6.07) is 7.89. The maximum Gasteiger partial charge on any atom is 0.264 e. The van der Waals surface area contributed by atoms with Gasteiger partial charge in [-0.05, 0) is 42.8 Å². The Bertz CT molecular complexity index is 766. The predicted octanol–water partition coefficient (Wildman–Crippen LogP) is 4.26. The number of rotatable bonds is 3. The molecule has 0 spiro atoms. The van der Waals surface area contributed by atoms with Crippen molar-refractivity contribution in [3.63, 3.8) is 0 Å². The van der Waals surface area contributed by atoms with Crippen LogP contribution in [0.3, 0.4) is 0 Å². The highest BCUT2D eigenvalue weighted by atomic mass is 79.9. The van der Waals surface area contributed by atoms with Crippen molar-refractivity contribution in [2.45, 2.75) is 11.8 Å². The van der Waals surface area contributed by atoms with Crippen LogP contribution in [0.1, 0.15) is 5.56 Å². The molecule has 1 heterocycles. The van der Waals surface area contributed by atoms with E-state index in [9.17, 15) is 8.42 Å². The smallest absolute Gasteiger partial charge is 0.264 e. The Morgan fingerprint density at radius 3 is 2.50 bits per heavy atom. The molecule has 2 aromatic rings. The third-order valence-corrected chi connectivity index (χ3v) is 5.00. The first kappa shape index (κ1) is 15.6. The van der Waals surface area contributed by atoms with E-state index in [0.29, 0.717) is 5.69 Å². The SMILES string of the molecule is Cc1cc(Br)ccc1NS(=O)(=O)c1ccc(Cl)nc1Cl. The molecular weight excluding hydrogens is 387 g/mol. The van der Waals surface area contributed by atoms with Gasteiger partial charge in [0.2, 0.25) is 0 Å². The van der Waals surface area contributed by atoms with Gasteiger partial charge < -0.3 is 0 Å². The highest BCUT2D eigenvalue weighted by Crippen LogP contribution is 2.26. The number of nitrogens with zero attached hydrogens (tertiary/aromatic N) is 1. The minimum atomic E-state index is -3.81. The zero-order chi connectivity index (χ0) is 14.9. The molecule has 8 heteroatoms. The zero-order valence-electron chi connectivity index (χ0n) is 10.2. The summed E-state index contributed by atoms with van der Waals surface area (Å²) in [7, 11) is -3.81. The Morgan fingerprint density at radius 2 is 1.90 bits per heavy atom. The van der Waals surface area contributed by atoms with E-state index in [2.05, 4.69) is 25.6 Å². The van der Waals surface area contributed by atoms with Gasteiger partial charge in [-0.2, -0.15) is 0 Å². The molecule has 0 aliphatic rings. The molecule has 0 aliphatic carbocycles. The number of halogens is 3. The van der Waals surface area contributed by atoms with Gasteiger partial charge in [-0.15, -0.1) is 0 Å². The van der Waals surface area contributed by atoms with Crippen LogP contribution in [-0.2, 0) is 10.0 Å². The second-order valence-corrected chi connectivity index (χ2v) is 7.30. The van der Waals surface area contributed by atoms with Gasteiger partial charge >= 0.3 is 0 Å². The molecule has 106 valence electrons. The first-order valence-electron chi connectivity index (χ1n) is 5.40. The number of hydrogen-bond acceptors (Lipinski definition) is 3. The molecule has 1 N–H and O–H groups in total. The lowest BCUT2D eigenvalue weighted by Crippen LogP contribution is -2.14. The molecule has 0 saturated carbocycles. The molecule has 0 bridgehead atoms.